The van der Waals surface area contributed by atoms with E-state index in [0.717, 1.165) is 35.5 Å². The maximum absolute atomic E-state index is 13.2. The van der Waals surface area contributed by atoms with Crippen LogP contribution in [0, 0.1) is 0 Å². The number of hydrogen-bond acceptors (Lipinski definition) is 8. The summed E-state index contributed by atoms with van der Waals surface area (Å²) in [7, 11) is 0. The summed E-state index contributed by atoms with van der Waals surface area (Å²) in [4.78, 5) is 49.4. The van der Waals surface area contributed by atoms with Gasteiger partial charge in [0.15, 0.2) is 11.5 Å². The molecule has 5 heterocycles. The number of nitrogens with one attached hydrogen (secondary N) is 1. The molecule has 4 bridgehead atoms. The first kappa shape index (κ1) is 25.2. The van der Waals surface area contributed by atoms with Gasteiger partial charge in [0.1, 0.15) is 10.7 Å². The van der Waals surface area contributed by atoms with Crippen LogP contribution >= 0.6 is 11.3 Å². The van der Waals surface area contributed by atoms with Gasteiger partial charge in [0.2, 0.25) is 5.91 Å². The fraction of sp³-hybridized carbons (Fsp3) is 0.462. The Bertz CT molecular complexity index is 1300. The van der Waals surface area contributed by atoms with Crippen LogP contribution in [0.4, 0.5) is 5.69 Å². The SMILES string of the molecule is CC(=O)N1CCCC(=O)c2nn(C3CCOCC3)cc2NC(=O)c2csc(n2)-c2ccnc(c2)CCC1. The van der Waals surface area contributed by atoms with Gasteiger partial charge in [-0.3, -0.25) is 24.0 Å². The number of amides is 2. The van der Waals surface area contributed by atoms with Crippen molar-refractivity contribution in [3.8, 4) is 10.6 Å². The number of pyridine rings is 1. The van der Waals surface area contributed by atoms with E-state index in [9.17, 15) is 14.4 Å². The van der Waals surface area contributed by atoms with E-state index in [1.165, 1.54) is 11.3 Å². The molecule has 11 heteroatoms. The highest BCUT2D eigenvalue weighted by Gasteiger charge is 2.25. The molecule has 0 radical (unpaired) electrons. The molecular weight excluding hydrogens is 492 g/mol. The molecular formula is C26H30N6O4S. The highest BCUT2D eigenvalue weighted by atomic mass is 32.1. The zero-order chi connectivity index (χ0) is 25.8. The van der Waals surface area contributed by atoms with Crippen molar-refractivity contribution in [2.75, 3.05) is 31.6 Å². The predicted octanol–water partition coefficient (Wildman–Crippen LogP) is 3.76. The minimum atomic E-state index is -0.388. The minimum absolute atomic E-state index is 0.0179. The average Bonchev–Trinajstić information content (AvgIpc) is 3.56. The van der Waals surface area contributed by atoms with Crippen molar-refractivity contribution < 1.29 is 19.1 Å². The molecule has 3 aromatic rings. The van der Waals surface area contributed by atoms with Crippen LogP contribution in [-0.4, -0.2) is 68.5 Å². The van der Waals surface area contributed by atoms with Crippen molar-refractivity contribution in [3.05, 3.63) is 47.0 Å². The van der Waals surface area contributed by atoms with Crippen molar-refractivity contribution in [2.24, 2.45) is 0 Å². The molecule has 2 aliphatic rings. The quantitative estimate of drug-likeness (QED) is 0.517. The summed E-state index contributed by atoms with van der Waals surface area (Å²) in [5.41, 5.74) is 2.70. The largest absolute Gasteiger partial charge is 0.381 e. The van der Waals surface area contributed by atoms with Gasteiger partial charge in [0, 0.05) is 68.7 Å². The monoisotopic (exact) mass is 522 g/mol. The molecule has 0 atom stereocenters. The fourth-order valence-electron chi connectivity index (χ4n) is 4.70. The summed E-state index contributed by atoms with van der Waals surface area (Å²) in [6, 6.07) is 3.96. The van der Waals surface area contributed by atoms with E-state index in [4.69, 9.17) is 4.74 Å². The number of aromatic nitrogens is 4. The average molecular weight is 523 g/mol. The second-order valence-corrected chi connectivity index (χ2v) is 10.2. The topological polar surface area (TPSA) is 119 Å². The summed E-state index contributed by atoms with van der Waals surface area (Å²) in [6.45, 7) is 3.90. The zero-order valence-corrected chi connectivity index (χ0v) is 21.6. The van der Waals surface area contributed by atoms with E-state index in [2.05, 4.69) is 20.4 Å². The summed E-state index contributed by atoms with van der Waals surface area (Å²) in [5.74, 6) is -0.569. The van der Waals surface area contributed by atoms with Crippen LogP contribution in [0.3, 0.4) is 0 Å². The Morgan fingerprint density at radius 3 is 2.73 bits per heavy atom. The Hall–Kier alpha value is -3.44. The number of Topliss-reactive ketones (excluding diaryl/α,β-unsaturated/α-hetero) is 1. The maximum Gasteiger partial charge on any atom is 0.275 e. The third kappa shape index (κ3) is 5.94. The summed E-state index contributed by atoms with van der Waals surface area (Å²) >= 11 is 1.38. The number of ketones is 1. The molecule has 5 rings (SSSR count). The standard InChI is InChI=1S/C26H30N6O4S/c1-17(33)31-10-2-4-19-14-18(6-9-27-19)26-29-22(16-37-26)25(35)28-21-15-32(20-7-12-36-13-8-20)30-24(21)23(34)5-3-11-31/h6,9,14-16,20H,2-5,7-8,10-13H2,1H3,(H,28,35). The lowest BCUT2D eigenvalue weighted by atomic mass is 10.1. The number of fused-ring (bicyclic) bond motifs is 6. The van der Waals surface area contributed by atoms with Gasteiger partial charge in [0.25, 0.3) is 5.91 Å². The van der Waals surface area contributed by atoms with Gasteiger partial charge in [-0.25, -0.2) is 4.98 Å². The Balaban J connectivity index is 1.47. The predicted molar refractivity (Wildman–Crippen MR) is 139 cm³/mol. The molecule has 10 nitrogen and oxygen atoms in total. The summed E-state index contributed by atoms with van der Waals surface area (Å²) < 4.78 is 7.24. The number of hydrogen-bond donors (Lipinski definition) is 1. The van der Waals surface area contributed by atoms with Crippen LogP contribution in [0.2, 0.25) is 0 Å². The highest BCUT2D eigenvalue weighted by molar-refractivity contribution is 7.13. The Labute approximate surface area is 219 Å². The van der Waals surface area contributed by atoms with Gasteiger partial charge in [-0.1, -0.05) is 0 Å². The van der Waals surface area contributed by atoms with Gasteiger partial charge in [-0.2, -0.15) is 5.10 Å². The molecule has 3 aromatic heterocycles. The number of nitrogens with zero attached hydrogens (tertiary/aromatic N) is 5. The molecule has 1 fully saturated rings. The van der Waals surface area contributed by atoms with Gasteiger partial charge in [0.05, 0.1) is 11.7 Å². The van der Waals surface area contributed by atoms with Crippen molar-refractivity contribution in [3.63, 3.8) is 0 Å². The highest BCUT2D eigenvalue weighted by Crippen LogP contribution is 2.27. The molecule has 2 amide bonds. The van der Waals surface area contributed by atoms with E-state index in [0.29, 0.717) is 44.8 Å². The van der Waals surface area contributed by atoms with E-state index in [1.54, 1.807) is 34.3 Å². The Kier molecular flexibility index (Phi) is 7.71. The molecule has 0 unspecified atom stereocenters. The smallest absolute Gasteiger partial charge is 0.275 e. The second-order valence-electron chi connectivity index (χ2n) is 9.38. The number of aryl methyl sites for hydroxylation is 1. The first-order valence-corrected chi connectivity index (χ1v) is 13.5. The van der Waals surface area contributed by atoms with Gasteiger partial charge >= 0.3 is 0 Å². The minimum Gasteiger partial charge on any atom is -0.381 e. The summed E-state index contributed by atoms with van der Waals surface area (Å²) in [5, 5.41) is 9.91. The van der Waals surface area contributed by atoms with Crippen molar-refractivity contribution >= 4 is 34.6 Å². The molecule has 194 valence electrons. The van der Waals surface area contributed by atoms with Crippen LogP contribution in [0.5, 0.6) is 0 Å². The van der Waals surface area contributed by atoms with Crippen LogP contribution in [0.1, 0.15) is 71.7 Å². The number of thiazole rings is 1. The van der Waals surface area contributed by atoms with E-state index < -0.39 is 0 Å². The molecule has 0 aliphatic carbocycles. The molecule has 1 N–H and O–H groups in total. The molecule has 0 saturated carbocycles. The summed E-state index contributed by atoms with van der Waals surface area (Å²) in [6.07, 6.45) is 7.27. The van der Waals surface area contributed by atoms with Crippen molar-refractivity contribution in [1.29, 1.82) is 0 Å². The zero-order valence-electron chi connectivity index (χ0n) is 20.8. The second kappa shape index (κ2) is 11.3. The first-order chi connectivity index (χ1) is 18.0. The van der Waals surface area contributed by atoms with E-state index in [-0.39, 0.29) is 41.4 Å². The van der Waals surface area contributed by atoms with Crippen LogP contribution in [0.25, 0.3) is 10.6 Å². The molecule has 1 saturated heterocycles. The third-order valence-electron chi connectivity index (χ3n) is 6.75. The molecule has 2 aliphatic heterocycles. The Morgan fingerprint density at radius 2 is 1.95 bits per heavy atom. The van der Waals surface area contributed by atoms with E-state index in [1.807, 2.05) is 12.1 Å². The van der Waals surface area contributed by atoms with E-state index >= 15 is 0 Å². The lowest BCUT2D eigenvalue weighted by molar-refractivity contribution is -0.129. The van der Waals surface area contributed by atoms with Crippen LogP contribution in [0.15, 0.2) is 29.9 Å². The van der Waals surface area contributed by atoms with Crippen LogP contribution in [-0.2, 0) is 16.0 Å². The number of carbonyl (C=O) groups excluding carboxylic acids is 3. The fourth-order valence-corrected chi connectivity index (χ4v) is 5.49. The maximum atomic E-state index is 13.2. The van der Waals surface area contributed by atoms with Gasteiger partial charge in [-0.15, -0.1) is 11.3 Å². The third-order valence-corrected chi connectivity index (χ3v) is 7.64. The molecule has 0 spiro atoms. The molecule has 0 aromatic carbocycles. The lowest BCUT2D eigenvalue weighted by Gasteiger charge is -2.22. The number of carbonyl (C=O) groups is 3. The number of rotatable bonds is 1. The van der Waals surface area contributed by atoms with Crippen LogP contribution < -0.4 is 5.32 Å². The Morgan fingerprint density at radius 1 is 1.16 bits per heavy atom. The van der Waals surface area contributed by atoms with Crippen molar-refractivity contribution in [2.45, 2.75) is 51.5 Å². The lowest BCUT2D eigenvalue weighted by Crippen LogP contribution is -2.31. The normalized spacial score (nSPS) is 18.0. The van der Waals surface area contributed by atoms with Crippen molar-refractivity contribution in [1.82, 2.24) is 24.6 Å². The number of ether oxygens (including phenoxy) is 1. The first-order valence-electron chi connectivity index (χ1n) is 12.7. The van der Waals surface area contributed by atoms with Gasteiger partial charge in [-0.05, 0) is 44.2 Å². The number of anilines is 1. The van der Waals surface area contributed by atoms with Gasteiger partial charge < -0.3 is 15.0 Å². The molecule has 37 heavy (non-hydrogen) atoms.